The summed E-state index contributed by atoms with van der Waals surface area (Å²) in [5.74, 6) is 0.729. The average molecular weight is 249 g/mol. The van der Waals surface area contributed by atoms with Crippen LogP contribution in [0.4, 0.5) is 0 Å². The van der Waals surface area contributed by atoms with Crippen LogP contribution in [0, 0.1) is 5.92 Å². The minimum Gasteiger partial charge on any atom is -0.316 e. The fourth-order valence-corrected chi connectivity index (χ4v) is 3.25. The highest BCUT2D eigenvalue weighted by Crippen LogP contribution is 2.25. The molecule has 100 valence electrons. The molecule has 2 aliphatic heterocycles. The number of nitrogens with zero attached hydrogens (tertiary/aromatic N) is 2. The molecule has 1 unspecified atom stereocenters. The van der Waals surface area contributed by atoms with Gasteiger partial charge in [0.05, 0.1) is 26.2 Å². The lowest BCUT2D eigenvalue weighted by Gasteiger charge is -2.36. The number of likely N-dealkylation sites (tertiary alicyclic amines) is 1. The van der Waals surface area contributed by atoms with Gasteiger partial charge in [0, 0.05) is 12.3 Å². The van der Waals surface area contributed by atoms with Gasteiger partial charge in [-0.05, 0) is 26.1 Å². The van der Waals surface area contributed by atoms with Gasteiger partial charge in [-0.2, -0.15) is 0 Å². The molecule has 1 saturated heterocycles. The van der Waals surface area contributed by atoms with Crippen LogP contribution in [0.3, 0.4) is 0 Å². The summed E-state index contributed by atoms with van der Waals surface area (Å²) < 4.78 is 0.865. The van der Waals surface area contributed by atoms with Gasteiger partial charge < -0.3 is 4.48 Å². The van der Waals surface area contributed by atoms with E-state index in [2.05, 4.69) is 37.7 Å². The second-order valence-corrected chi connectivity index (χ2v) is 6.02. The molecule has 0 amide bonds. The van der Waals surface area contributed by atoms with Crippen LogP contribution in [-0.4, -0.2) is 61.5 Å². The predicted octanol–water partition coefficient (Wildman–Crippen LogP) is 1.47. The molecule has 0 spiro atoms. The second-order valence-electron chi connectivity index (χ2n) is 6.02. The highest BCUT2D eigenvalue weighted by molar-refractivity contribution is 5.86. The normalized spacial score (nSPS) is 36.8. The molecule has 0 saturated carbocycles. The maximum absolute atomic E-state index is 12.6. The molecular weight excluding hydrogens is 224 g/mol. The van der Waals surface area contributed by atoms with Gasteiger partial charge in [-0.25, -0.2) is 0 Å². The maximum atomic E-state index is 12.6. The fourth-order valence-electron chi connectivity index (χ4n) is 3.25. The van der Waals surface area contributed by atoms with Crippen LogP contribution < -0.4 is 0 Å². The van der Waals surface area contributed by atoms with E-state index in [9.17, 15) is 4.79 Å². The van der Waals surface area contributed by atoms with Gasteiger partial charge in [0.25, 0.3) is 0 Å². The Morgan fingerprint density at radius 3 is 2.94 bits per heavy atom. The summed E-state index contributed by atoms with van der Waals surface area (Å²) in [6.07, 6.45) is 8.55. The highest BCUT2D eigenvalue weighted by atomic mass is 16.1. The van der Waals surface area contributed by atoms with Gasteiger partial charge >= 0.3 is 0 Å². The summed E-state index contributed by atoms with van der Waals surface area (Å²) in [6.45, 7) is 7.61. The molecule has 2 rings (SSSR count). The Hall–Kier alpha value is -0.930. The minimum absolute atomic E-state index is 0.0587. The number of hydrogen-bond acceptors (Lipinski definition) is 2. The molecule has 18 heavy (non-hydrogen) atoms. The topological polar surface area (TPSA) is 20.3 Å². The van der Waals surface area contributed by atoms with Crippen LogP contribution in [0.2, 0.25) is 0 Å². The number of Topliss-reactive ketones (excluding diaryl/α,β-unsaturated/α-hetero) is 1. The van der Waals surface area contributed by atoms with Gasteiger partial charge in [-0.1, -0.05) is 12.2 Å². The number of hydrogen-bond donors (Lipinski definition) is 0. The van der Waals surface area contributed by atoms with Crippen molar-refractivity contribution in [2.75, 3.05) is 40.3 Å². The first-order valence-electron chi connectivity index (χ1n) is 6.90. The van der Waals surface area contributed by atoms with Crippen molar-refractivity contribution in [2.24, 2.45) is 5.92 Å². The van der Waals surface area contributed by atoms with E-state index in [4.69, 9.17) is 0 Å². The third kappa shape index (κ3) is 2.73. The first kappa shape index (κ1) is 13.5. The van der Waals surface area contributed by atoms with Crippen LogP contribution in [0.5, 0.6) is 0 Å². The monoisotopic (exact) mass is 249 g/mol. The third-order valence-corrected chi connectivity index (χ3v) is 4.41. The van der Waals surface area contributed by atoms with Crippen molar-refractivity contribution in [3.8, 4) is 0 Å². The van der Waals surface area contributed by atoms with Crippen LogP contribution >= 0.6 is 0 Å². The number of carbonyl (C=O) groups is 1. The largest absolute Gasteiger partial charge is 0.316 e. The van der Waals surface area contributed by atoms with Crippen LogP contribution in [0.25, 0.3) is 0 Å². The van der Waals surface area contributed by atoms with Crippen molar-refractivity contribution in [1.82, 2.24) is 4.90 Å². The fraction of sp³-hybridized carbons (Fsp3) is 0.667. The summed E-state index contributed by atoms with van der Waals surface area (Å²) >= 11 is 0. The smallest absolute Gasteiger partial charge is 0.204 e. The van der Waals surface area contributed by atoms with Crippen molar-refractivity contribution in [2.45, 2.75) is 18.9 Å². The first-order valence-corrected chi connectivity index (χ1v) is 6.90. The van der Waals surface area contributed by atoms with E-state index in [1.807, 2.05) is 6.08 Å². The first-order chi connectivity index (χ1) is 8.56. The molecular formula is C15H25N2O+. The van der Waals surface area contributed by atoms with E-state index >= 15 is 0 Å². The quantitative estimate of drug-likeness (QED) is 0.555. The summed E-state index contributed by atoms with van der Waals surface area (Å²) in [7, 11) is 4.25. The van der Waals surface area contributed by atoms with Gasteiger partial charge in [0.1, 0.15) is 6.54 Å². The molecule has 0 N–H and O–H groups in total. The molecule has 0 aromatic rings. The van der Waals surface area contributed by atoms with Crippen LogP contribution in [0.15, 0.2) is 24.8 Å². The number of likely N-dealkylation sites (N-methyl/N-ethyl adjacent to an activating group) is 2. The summed E-state index contributed by atoms with van der Waals surface area (Å²) in [6, 6.07) is 0.0587. The van der Waals surface area contributed by atoms with Crippen LogP contribution in [-0.2, 0) is 4.79 Å². The number of ketones is 1. The van der Waals surface area contributed by atoms with E-state index < -0.39 is 0 Å². The Balaban J connectivity index is 2.02. The van der Waals surface area contributed by atoms with E-state index in [0.29, 0.717) is 18.2 Å². The molecule has 0 aromatic heterocycles. The van der Waals surface area contributed by atoms with Gasteiger partial charge in [-0.15, -0.1) is 6.58 Å². The van der Waals surface area contributed by atoms with E-state index in [0.717, 1.165) is 37.0 Å². The summed E-state index contributed by atoms with van der Waals surface area (Å²) in [4.78, 5) is 14.8. The van der Waals surface area contributed by atoms with Crippen molar-refractivity contribution >= 4 is 5.78 Å². The molecule has 0 aromatic carbocycles. The molecule has 1 fully saturated rings. The molecule has 3 heteroatoms. The molecule has 2 aliphatic rings. The zero-order valence-electron chi connectivity index (χ0n) is 11.6. The Kier molecular flexibility index (Phi) is 4.03. The summed E-state index contributed by atoms with van der Waals surface area (Å²) in [5.41, 5.74) is 0. The number of quaternary nitrogens is 1. The maximum Gasteiger partial charge on any atom is 0.204 e. The summed E-state index contributed by atoms with van der Waals surface area (Å²) in [5, 5.41) is 0. The zero-order chi connectivity index (χ0) is 13.2. The molecule has 0 bridgehead atoms. The van der Waals surface area contributed by atoms with Gasteiger partial charge in [-0.3, -0.25) is 9.69 Å². The standard InChI is InChI=1S/C15H25N2O/c1-4-13-8-9-16(2)15(13)14(18)12-17(3)10-6-5-7-11-17/h4-6,13,15H,1,7-12H2,2-3H3/q+1/t13-,15+,17?/m1/s1. The lowest BCUT2D eigenvalue weighted by atomic mass is 9.96. The van der Waals surface area contributed by atoms with Crippen LogP contribution in [0.1, 0.15) is 12.8 Å². The molecule has 0 radical (unpaired) electrons. The Labute approximate surface area is 110 Å². The zero-order valence-corrected chi connectivity index (χ0v) is 11.6. The lowest BCUT2D eigenvalue weighted by Crippen LogP contribution is -2.53. The van der Waals surface area contributed by atoms with Crippen molar-refractivity contribution in [1.29, 1.82) is 0 Å². The molecule has 3 nitrogen and oxygen atoms in total. The average Bonchev–Trinajstić information content (AvgIpc) is 2.70. The molecule has 2 heterocycles. The number of carbonyl (C=O) groups excluding carboxylic acids is 1. The van der Waals surface area contributed by atoms with Crippen molar-refractivity contribution < 1.29 is 9.28 Å². The Bertz CT molecular complexity index is 364. The Morgan fingerprint density at radius 2 is 2.33 bits per heavy atom. The van der Waals surface area contributed by atoms with Crippen molar-refractivity contribution in [3.63, 3.8) is 0 Å². The third-order valence-electron chi connectivity index (χ3n) is 4.41. The molecule has 0 aliphatic carbocycles. The van der Waals surface area contributed by atoms with Gasteiger partial charge in [0.15, 0.2) is 0 Å². The number of rotatable bonds is 4. The predicted molar refractivity (Wildman–Crippen MR) is 74.3 cm³/mol. The SMILES string of the molecule is C=C[C@@H]1CCN(C)[C@@H]1C(=O)C[N+]1(C)CC=CCC1. The van der Waals surface area contributed by atoms with Gasteiger partial charge in [0.2, 0.25) is 5.78 Å². The Morgan fingerprint density at radius 1 is 1.56 bits per heavy atom. The minimum atomic E-state index is 0.0587. The molecule has 3 atom stereocenters. The van der Waals surface area contributed by atoms with E-state index in [1.165, 1.54) is 0 Å². The van der Waals surface area contributed by atoms with E-state index in [-0.39, 0.29) is 6.04 Å². The lowest BCUT2D eigenvalue weighted by molar-refractivity contribution is -0.897. The van der Waals surface area contributed by atoms with E-state index in [1.54, 1.807) is 0 Å². The highest BCUT2D eigenvalue weighted by Gasteiger charge is 2.38. The van der Waals surface area contributed by atoms with Crippen molar-refractivity contribution in [3.05, 3.63) is 24.8 Å². The second kappa shape index (κ2) is 5.37.